The van der Waals surface area contributed by atoms with E-state index < -0.39 is 0 Å². The Kier molecular flexibility index (Phi) is 3.30. The zero-order valence-corrected chi connectivity index (χ0v) is 11.1. The topological polar surface area (TPSA) is 97.6 Å². The van der Waals surface area contributed by atoms with Gasteiger partial charge in [0.2, 0.25) is 0 Å². The SMILES string of the molecule is Nc1nnnn1N=Cc1ccc(N2CCC(Cl)=N2)cc1. The number of aromatic nitrogens is 4. The van der Waals surface area contributed by atoms with Crippen molar-refractivity contribution in [2.45, 2.75) is 6.42 Å². The summed E-state index contributed by atoms with van der Waals surface area (Å²) in [6, 6.07) is 7.73. The largest absolute Gasteiger partial charge is 0.365 e. The normalized spacial score (nSPS) is 15.1. The van der Waals surface area contributed by atoms with E-state index in [-0.39, 0.29) is 5.95 Å². The van der Waals surface area contributed by atoms with Crippen molar-refractivity contribution in [1.82, 2.24) is 20.3 Å². The van der Waals surface area contributed by atoms with Crippen molar-refractivity contribution in [1.29, 1.82) is 0 Å². The molecule has 0 radical (unpaired) electrons. The Bertz CT molecular complexity index is 659. The minimum Gasteiger partial charge on any atom is -0.365 e. The lowest BCUT2D eigenvalue weighted by Gasteiger charge is -2.12. The number of tetrazole rings is 1. The molecule has 0 fully saturated rings. The number of nitrogens with zero attached hydrogens (tertiary/aromatic N) is 7. The Balaban J connectivity index is 1.73. The fraction of sp³-hybridized carbons (Fsp3) is 0.182. The molecular weight excluding hydrogens is 280 g/mol. The Morgan fingerprint density at radius 1 is 1.30 bits per heavy atom. The predicted molar refractivity (Wildman–Crippen MR) is 76.9 cm³/mol. The van der Waals surface area contributed by atoms with Crippen molar-refractivity contribution in [2.24, 2.45) is 10.2 Å². The molecule has 0 spiro atoms. The van der Waals surface area contributed by atoms with Crippen LogP contribution in [0.5, 0.6) is 0 Å². The summed E-state index contributed by atoms with van der Waals surface area (Å²) in [7, 11) is 0. The van der Waals surface area contributed by atoms with Crippen LogP contribution in [-0.2, 0) is 0 Å². The van der Waals surface area contributed by atoms with E-state index in [0.717, 1.165) is 29.0 Å². The number of hydrazone groups is 1. The van der Waals surface area contributed by atoms with Gasteiger partial charge < -0.3 is 5.73 Å². The van der Waals surface area contributed by atoms with Gasteiger partial charge in [-0.05, 0) is 28.1 Å². The van der Waals surface area contributed by atoms with Crippen LogP contribution in [0, 0.1) is 0 Å². The minimum atomic E-state index is 0.138. The number of hydrogen-bond acceptors (Lipinski definition) is 7. The van der Waals surface area contributed by atoms with E-state index in [1.54, 1.807) is 6.21 Å². The number of hydrogen-bond donors (Lipinski definition) is 1. The van der Waals surface area contributed by atoms with E-state index in [4.69, 9.17) is 17.3 Å². The summed E-state index contributed by atoms with van der Waals surface area (Å²) in [6.45, 7) is 0.799. The van der Waals surface area contributed by atoms with Crippen molar-refractivity contribution >= 4 is 34.6 Å². The van der Waals surface area contributed by atoms with Crippen molar-refractivity contribution in [2.75, 3.05) is 17.3 Å². The Morgan fingerprint density at radius 3 is 2.70 bits per heavy atom. The van der Waals surface area contributed by atoms with Gasteiger partial charge in [0.25, 0.3) is 5.95 Å². The predicted octanol–water partition coefficient (Wildman–Crippen LogP) is 0.900. The molecule has 2 N–H and O–H groups in total. The van der Waals surface area contributed by atoms with E-state index in [1.807, 2.05) is 29.3 Å². The minimum absolute atomic E-state index is 0.138. The fourth-order valence-corrected chi connectivity index (χ4v) is 1.92. The second-order valence-electron chi connectivity index (χ2n) is 4.11. The van der Waals surface area contributed by atoms with Crippen molar-refractivity contribution in [3.8, 4) is 0 Å². The Morgan fingerprint density at radius 2 is 2.10 bits per heavy atom. The second-order valence-corrected chi connectivity index (χ2v) is 4.55. The van der Waals surface area contributed by atoms with E-state index >= 15 is 0 Å². The van der Waals surface area contributed by atoms with Crippen LogP contribution in [0.1, 0.15) is 12.0 Å². The third kappa shape index (κ3) is 2.59. The van der Waals surface area contributed by atoms with Crippen LogP contribution in [0.3, 0.4) is 0 Å². The summed E-state index contributed by atoms with van der Waals surface area (Å²) in [5, 5.41) is 21.3. The van der Waals surface area contributed by atoms with E-state index in [9.17, 15) is 0 Å². The van der Waals surface area contributed by atoms with Gasteiger partial charge in [-0.2, -0.15) is 10.2 Å². The number of halogens is 1. The average Bonchev–Trinajstić information content (AvgIpc) is 3.06. The van der Waals surface area contributed by atoms with E-state index in [1.165, 1.54) is 0 Å². The Hall–Kier alpha value is -2.48. The number of nitrogens with two attached hydrogens (primary N) is 1. The van der Waals surface area contributed by atoms with Gasteiger partial charge >= 0.3 is 0 Å². The Labute approximate surface area is 119 Å². The highest BCUT2D eigenvalue weighted by Crippen LogP contribution is 2.20. The molecular formula is C11H11ClN8. The molecule has 3 rings (SSSR count). The average molecular weight is 291 g/mol. The lowest BCUT2D eigenvalue weighted by Crippen LogP contribution is -2.11. The summed E-state index contributed by atoms with van der Waals surface area (Å²) in [5.74, 6) is 0.138. The summed E-state index contributed by atoms with van der Waals surface area (Å²) in [6.07, 6.45) is 2.40. The van der Waals surface area contributed by atoms with Crippen LogP contribution < -0.4 is 10.7 Å². The monoisotopic (exact) mass is 290 g/mol. The highest BCUT2D eigenvalue weighted by Gasteiger charge is 2.13. The molecule has 9 heteroatoms. The first-order valence-electron chi connectivity index (χ1n) is 5.91. The van der Waals surface area contributed by atoms with Gasteiger partial charge in [0.15, 0.2) is 0 Å². The van der Waals surface area contributed by atoms with Gasteiger partial charge in [0.1, 0.15) is 5.17 Å². The van der Waals surface area contributed by atoms with Gasteiger partial charge in [-0.15, -0.1) is 0 Å². The molecule has 1 aromatic carbocycles. The summed E-state index contributed by atoms with van der Waals surface area (Å²) < 4.78 is 0. The zero-order chi connectivity index (χ0) is 13.9. The second kappa shape index (κ2) is 5.25. The molecule has 0 saturated heterocycles. The van der Waals surface area contributed by atoms with Crippen LogP contribution >= 0.6 is 11.6 Å². The summed E-state index contributed by atoms with van der Waals surface area (Å²) >= 11 is 5.86. The van der Waals surface area contributed by atoms with Gasteiger partial charge in [0, 0.05) is 13.0 Å². The maximum absolute atomic E-state index is 5.86. The van der Waals surface area contributed by atoms with Crippen molar-refractivity contribution < 1.29 is 0 Å². The first-order chi connectivity index (χ1) is 9.72. The third-order valence-electron chi connectivity index (χ3n) is 2.74. The summed E-state index contributed by atoms with van der Waals surface area (Å²) in [5.41, 5.74) is 7.39. The number of nitrogen functional groups attached to an aromatic ring is 1. The van der Waals surface area contributed by atoms with Crippen molar-refractivity contribution in [3.63, 3.8) is 0 Å². The molecule has 0 atom stereocenters. The van der Waals surface area contributed by atoms with Crippen LogP contribution in [0.4, 0.5) is 11.6 Å². The molecule has 102 valence electrons. The number of rotatable bonds is 3. The fourth-order valence-electron chi connectivity index (χ4n) is 1.74. The van der Waals surface area contributed by atoms with Gasteiger partial charge in [0.05, 0.1) is 11.9 Å². The van der Waals surface area contributed by atoms with Gasteiger partial charge in [-0.1, -0.05) is 33.6 Å². The molecule has 0 aliphatic carbocycles. The molecule has 20 heavy (non-hydrogen) atoms. The highest BCUT2D eigenvalue weighted by molar-refractivity contribution is 6.65. The molecule has 2 aromatic rings. The maximum Gasteiger partial charge on any atom is 0.263 e. The molecule has 2 heterocycles. The van der Waals surface area contributed by atoms with E-state index in [0.29, 0.717) is 5.17 Å². The first kappa shape index (κ1) is 12.5. The highest BCUT2D eigenvalue weighted by atomic mass is 35.5. The van der Waals surface area contributed by atoms with Crippen LogP contribution in [0.2, 0.25) is 0 Å². The number of benzene rings is 1. The van der Waals surface area contributed by atoms with Gasteiger partial charge in [-0.25, -0.2) is 0 Å². The zero-order valence-electron chi connectivity index (χ0n) is 10.4. The van der Waals surface area contributed by atoms with Gasteiger partial charge in [-0.3, -0.25) is 5.01 Å². The molecule has 8 nitrogen and oxygen atoms in total. The van der Waals surface area contributed by atoms with Crippen molar-refractivity contribution in [3.05, 3.63) is 29.8 Å². The quantitative estimate of drug-likeness (QED) is 0.847. The maximum atomic E-state index is 5.86. The molecule has 0 amide bonds. The number of anilines is 2. The van der Waals surface area contributed by atoms with Crippen LogP contribution in [0.25, 0.3) is 0 Å². The molecule has 1 aromatic heterocycles. The third-order valence-corrected chi connectivity index (χ3v) is 3.01. The van der Waals surface area contributed by atoms with Crippen LogP contribution in [0.15, 0.2) is 34.5 Å². The standard InChI is InChI=1S/C11H11ClN8/c12-10-5-6-19(16-10)9-3-1-8(2-4-9)7-14-20-11(13)15-17-18-20/h1-4,7H,5-6H2,(H2,13,15,18). The molecule has 1 aliphatic rings. The lowest BCUT2D eigenvalue weighted by molar-refractivity contribution is 0.699. The van der Waals surface area contributed by atoms with Crippen LogP contribution in [-0.4, -0.2) is 38.2 Å². The van der Waals surface area contributed by atoms with E-state index in [2.05, 4.69) is 25.7 Å². The molecule has 0 unspecified atom stereocenters. The lowest BCUT2D eigenvalue weighted by atomic mass is 10.2. The molecule has 1 aliphatic heterocycles. The first-order valence-corrected chi connectivity index (χ1v) is 6.29. The molecule has 0 bridgehead atoms. The molecule has 0 saturated carbocycles. The smallest absolute Gasteiger partial charge is 0.263 e. The summed E-state index contributed by atoms with van der Waals surface area (Å²) in [4.78, 5) is 1.15.